The van der Waals surface area contributed by atoms with Crippen LogP contribution in [0.25, 0.3) is 0 Å². The van der Waals surface area contributed by atoms with E-state index >= 15 is 0 Å². The number of ether oxygens (including phenoxy) is 1. The Labute approximate surface area is 80.7 Å². The molecule has 0 bridgehead atoms. The first-order valence-electron chi connectivity index (χ1n) is 4.44. The summed E-state index contributed by atoms with van der Waals surface area (Å²) in [4.78, 5) is 0. The highest BCUT2D eigenvalue weighted by Gasteiger charge is 2.57. The minimum atomic E-state index is -2.51. The van der Waals surface area contributed by atoms with E-state index in [9.17, 15) is 8.78 Å². The monoisotopic (exact) mass is 199 g/mol. The lowest BCUT2D eigenvalue weighted by Gasteiger charge is -2.05. The zero-order valence-electron chi connectivity index (χ0n) is 7.54. The predicted molar refractivity (Wildman–Crippen MR) is 49.4 cm³/mol. The Balaban J connectivity index is 1.84. The fourth-order valence-corrected chi connectivity index (χ4v) is 1.21. The number of benzene rings is 1. The molecule has 1 aromatic carbocycles. The van der Waals surface area contributed by atoms with E-state index in [0.717, 1.165) is 0 Å². The summed E-state index contributed by atoms with van der Waals surface area (Å²) in [7, 11) is 0. The molecule has 0 aromatic heterocycles. The summed E-state index contributed by atoms with van der Waals surface area (Å²) in [6.07, 6.45) is -0.0536. The standard InChI is InChI=1S/C10H11F2NO/c11-10(12)5-7(10)6-14-9-3-1-8(13)2-4-9/h1-4,7H,5-6,13H2. The summed E-state index contributed by atoms with van der Waals surface area (Å²) >= 11 is 0. The molecule has 1 atom stereocenters. The van der Waals surface area contributed by atoms with Crippen LogP contribution < -0.4 is 10.5 Å². The molecule has 1 aliphatic carbocycles. The Hall–Kier alpha value is -1.32. The molecule has 0 spiro atoms. The number of hydrogen-bond acceptors (Lipinski definition) is 2. The van der Waals surface area contributed by atoms with Crippen molar-refractivity contribution in [3.63, 3.8) is 0 Å². The molecule has 1 aliphatic rings. The molecule has 2 rings (SSSR count). The van der Waals surface area contributed by atoms with Crippen molar-refractivity contribution in [2.45, 2.75) is 12.3 Å². The second kappa shape index (κ2) is 3.12. The van der Waals surface area contributed by atoms with Gasteiger partial charge in [-0.15, -0.1) is 0 Å². The lowest BCUT2D eigenvalue weighted by atomic mass is 10.3. The van der Waals surface area contributed by atoms with Gasteiger partial charge in [0, 0.05) is 12.1 Å². The van der Waals surface area contributed by atoms with Gasteiger partial charge in [0.1, 0.15) is 5.75 Å². The largest absolute Gasteiger partial charge is 0.493 e. The summed E-state index contributed by atoms with van der Waals surface area (Å²) < 4.78 is 30.1. The Bertz CT molecular complexity index is 323. The van der Waals surface area contributed by atoms with Crippen molar-refractivity contribution < 1.29 is 13.5 Å². The highest BCUT2D eigenvalue weighted by atomic mass is 19.3. The van der Waals surface area contributed by atoms with E-state index in [0.29, 0.717) is 11.4 Å². The maximum absolute atomic E-state index is 12.5. The third-order valence-corrected chi connectivity index (χ3v) is 2.29. The molecule has 0 aliphatic heterocycles. The molecule has 2 N–H and O–H groups in total. The van der Waals surface area contributed by atoms with Gasteiger partial charge in [-0.05, 0) is 24.3 Å². The molecule has 1 unspecified atom stereocenters. The van der Waals surface area contributed by atoms with E-state index in [4.69, 9.17) is 10.5 Å². The molecule has 0 amide bonds. The molecule has 0 saturated heterocycles. The number of alkyl halides is 2. The summed E-state index contributed by atoms with van der Waals surface area (Å²) in [6.45, 7) is 0.0803. The minimum Gasteiger partial charge on any atom is -0.493 e. The van der Waals surface area contributed by atoms with E-state index in [1.54, 1.807) is 24.3 Å². The van der Waals surface area contributed by atoms with Gasteiger partial charge in [-0.1, -0.05) is 0 Å². The van der Waals surface area contributed by atoms with Gasteiger partial charge >= 0.3 is 0 Å². The molecule has 1 aromatic rings. The van der Waals surface area contributed by atoms with Crippen LogP contribution in [0.2, 0.25) is 0 Å². The summed E-state index contributed by atoms with van der Waals surface area (Å²) in [5.41, 5.74) is 6.10. The minimum absolute atomic E-state index is 0.0536. The average molecular weight is 199 g/mol. The lowest BCUT2D eigenvalue weighted by molar-refractivity contribution is 0.0856. The van der Waals surface area contributed by atoms with Crippen LogP contribution in [0.3, 0.4) is 0 Å². The number of hydrogen-bond donors (Lipinski definition) is 1. The van der Waals surface area contributed by atoms with E-state index in [1.807, 2.05) is 0 Å². The second-order valence-corrected chi connectivity index (χ2v) is 3.54. The maximum atomic E-state index is 12.5. The van der Waals surface area contributed by atoms with Gasteiger partial charge in [0.25, 0.3) is 5.92 Å². The number of anilines is 1. The van der Waals surface area contributed by atoms with Gasteiger partial charge in [0.05, 0.1) is 12.5 Å². The van der Waals surface area contributed by atoms with Crippen molar-refractivity contribution in [2.24, 2.45) is 5.92 Å². The van der Waals surface area contributed by atoms with E-state index in [1.165, 1.54) is 0 Å². The van der Waals surface area contributed by atoms with Crippen LogP contribution in [0.5, 0.6) is 5.75 Å². The second-order valence-electron chi connectivity index (χ2n) is 3.54. The number of nitrogen functional groups attached to an aromatic ring is 1. The number of halogens is 2. The fraction of sp³-hybridized carbons (Fsp3) is 0.400. The van der Waals surface area contributed by atoms with Crippen LogP contribution in [-0.4, -0.2) is 12.5 Å². The zero-order valence-corrected chi connectivity index (χ0v) is 7.54. The van der Waals surface area contributed by atoms with Gasteiger partial charge in [0.2, 0.25) is 0 Å². The van der Waals surface area contributed by atoms with Gasteiger partial charge < -0.3 is 10.5 Å². The van der Waals surface area contributed by atoms with Crippen molar-refractivity contribution in [1.29, 1.82) is 0 Å². The topological polar surface area (TPSA) is 35.2 Å². The van der Waals surface area contributed by atoms with Crippen molar-refractivity contribution in [1.82, 2.24) is 0 Å². The molecular formula is C10H11F2NO. The van der Waals surface area contributed by atoms with Crippen molar-refractivity contribution in [3.8, 4) is 5.75 Å². The lowest BCUT2D eigenvalue weighted by Crippen LogP contribution is -2.05. The molecule has 1 saturated carbocycles. The number of rotatable bonds is 3. The highest BCUT2D eigenvalue weighted by Crippen LogP contribution is 2.48. The van der Waals surface area contributed by atoms with Gasteiger partial charge in [-0.25, -0.2) is 8.78 Å². The first-order valence-corrected chi connectivity index (χ1v) is 4.44. The van der Waals surface area contributed by atoms with Crippen molar-refractivity contribution >= 4 is 5.69 Å². The van der Waals surface area contributed by atoms with E-state index in [2.05, 4.69) is 0 Å². The SMILES string of the molecule is Nc1ccc(OCC2CC2(F)F)cc1. The molecule has 0 radical (unpaired) electrons. The van der Waals surface area contributed by atoms with E-state index in [-0.39, 0.29) is 13.0 Å². The first kappa shape index (κ1) is 9.24. The molecule has 76 valence electrons. The molecule has 4 heteroatoms. The maximum Gasteiger partial charge on any atom is 0.255 e. The zero-order chi connectivity index (χ0) is 10.2. The number of nitrogens with two attached hydrogens (primary N) is 1. The van der Waals surface area contributed by atoms with Gasteiger partial charge in [-0.2, -0.15) is 0 Å². The fourth-order valence-electron chi connectivity index (χ4n) is 1.21. The molecule has 14 heavy (non-hydrogen) atoms. The highest BCUT2D eigenvalue weighted by molar-refractivity contribution is 5.41. The quantitative estimate of drug-likeness (QED) is 0.758. The van der Waals surface area contributed by atoms with Crippen LogP contribution in [0.15, 0.2) is 24.3 Å². The molecular weight excluding hydrogens is 188 g/mol. The Morgan fingerprint density at radius 2 is 1.93 bits per heavy atom. The van der Waals surface area contributed by atoms with Crippen molar-refractivity contribution in [2.75, 3.05) is 12.3 Å². The van der Waals surface area contributed by atoms with E-state index < -0.39 is 11.8 Å². The summed E-state index contributed by atoms with van der Waals surface area (Å²) in [5, 5.41) is 0. The average Bonchev–Trinajstić information content (AvgIpc) is 2.73. The third kappa shape index (κ3) is 1.95. The summed E-state index contributed by atoms with van der Waals surface area (Å²) in [5.74, 6) is -2.53. The summed E-state index contributed by atoms with van der Waals surface area (Å²) in [6, 6.07) is 6.71. The van der Waals surface area contributed by atoms with Crippen molar-refractivity contribution in [3.05, 3.63) is 24.3 Å². The first-order chi connectivity index (χ1) is 6.58. The molecule has 1 fully saturated rings. The van der Waals surface area contributed by atoms with Crippen LogP contribution in [0.1, 0.15) is 6.42 Å². The van der Waals surface area contributed by atoms with Crippen LogP contribution in [-0.2, 0) is 0 Å². The predicted octanol–water partition coefficient (Wildman–Crippen LogP) is 2.30. The molecule has 2 nitrogen and oxygen atoms in total. The normalized spacial score (nSPS) is 23.1. The smallest absolute Gasteiger partial charge is 0.255 e. The van der Waals surface area contributed by atoms with Gasteiger partial charge in [-0.3, -0.25) is 0 Å². The van der Waals surface area contributed by atoms with Crippen LogP contribution in [0.4, 0.5) is 14.5 Å². The Morgan fingerprint density at radius 3 is 2.43 bits per heavy atom. The molecule has 0 heterocycles. The Kier molecular flexibility index (Phi) is 2.06. The van der Waals surface area contributed by atoms with Crippen LogP contribution in [0, 0.1) is 5.92 Å². The Morgan fingerprint density at radius 1 is 1.36 bits per heavy atom. The van der Waals surface area contributed by atoms with Crippen LogP contribution >= 0.6 is 0 Å². The third-order valence-electron chi connectivity index (χ3n) is 2.29. The van der Waals surface area contributed by atoms with Gasteiger partial charge in [0.15, 0.2) is 0 Å².